The van der Waals surface area contributed by atoms with Gasteiger partial charge in [0.25, 0.3) is 10.0 Å². The van der Waals surface area contributed by atoms with Crippen molar-refractivity contribution in [3.63, 3.8) is 0 Å². The summed E-state index contributed by atoms with van der Waals surface area (Å²) in [4.78, 5) is 19.9. The number of nitrogens with zero attached hydrogens (tertiary/aromatic N) is 2. The molecule has 1 atom stereocenters. The van der Waals surface area contributed by atoms with Crippen molar-refractivity contribution in [3.8, 4) is 11.1 Å². The summed E-state index contributed by atoms with van der Waals surface area (Å²) < 4.78 is 28.9. The van der Waals surface area contributed by atoms with Crippen molar-refractivity contribution in [2.24, 2.45) is 0 Å². The number of anilines is 2. The number of carbonyl (C=O) groups excluding carboxylic acids is 1. The molecule has 8 nitrogen and oxygen atoms in total. The van der Waals surface area contributed by atoms with Gasteiger partial charge in [-0.1, -0.05) is 29.5 Å². The van der Waals surface area contributed by atoms with Crippen molar-refractivity contribution in [3.05, 3.63) is 66.5 Å². The fraction of sp³-hybridized carbons (Fsp3) is 0.136. The zero-order chi connectivity index (χ0) is 22.9. The average Bonchev–Trinajstić information content (AvgIpc) is 3.14. The number of hydrogen-bond donors (Lipinski definition) is 3. The van der Waals surface area contributed by atoms with Gasteiger partial charge in [-0.3, -0.25) is 14.5 Å². The van der Waals surface area contributed by atoms with Gasteiger partial charge in [0.15, 0.2) is 5.13 Å². The molecule has 32 heavy (non-hydrogen) atoms. The van der Waals surface area contributed by atoms with Gasteiger partial charge in [-0.15, -0.1) is 0 Å². The third kappa shape index (κ3) is 4.77. The Balaban J connectivity index is 1.60. The molecule has 0 aliphatic carbocycles. The van der Waals surface area contributed by atoms with Crippen LogP contribution in [0.2, 0.25) is 0 Å². The fourth-order valence-electron chi connectivity index (χ4n) is 3.10. The first kappa shape index (κ1) is 21.9. The van der Waals surface area contributed by atoms with E-state index in [0.717, 1.165) is 21.3 Å². The number of carbonyl (C=O) groups is 1. The summed E-state index contributed by atoms with van der Waals surface area (Å²) in [5.74, 6) is -0.186. The van der Waals surface area contributed by atoms with Crippen LogP contribution in [0.1, 0.15) is 25.5 Å². The van der Waals surface area contributed by atoms with Crippen LogP contribution in [0, 0.1) is 0 Å². The molecule has 0 saturated carbocycles. The molecular weight excluding hydrogens is 448 g/mol. The SMILES string of the molecule is CC(=O)Nc1nc2ccc(-c3cncc(NS(=O)(=O)c4ccc(C(C)O)cc4)c3)cc2s1. The lowest BCUT2D eigenvalue weighted by molar-refractivity contribution is -0.114. The van der Waals surface area contributed by atoms with Crippen molar-refractivity contribution in [1.82, 2.24) is 9.97 Å². The smallest absolute Gasteiger partial charge is 0.261 e. The van der Waals surface area contributed by atoms with Crippen molar-refractivity contribution < 1.29 is 18.3 Å². The second kappa shape index (κ2) is 8.65. The topological polar surface area (TPSA) is 121 Å². The maximum atomic E-state index is 12.8. The molecule has 0 bridgehead atoms. The van der Waals surface area contributed by atoms with Gasteiger partial charge < -0.3 is 10.4 Å². The molecule has 1 unspecified atom stereocenters. The third-order valence-corrected chi connectivity index (χ3v) is 7.00. The molecule has 3 N–H and O–H groups in total. The third-order valence-electron chi connectivity index (χ3n) is 4.67. The maximum absolute atomic E-state index is 12.8. The van der Waals surface area contributed by atoms with Crippen molar-refractivity contribution in [2.75, 3.05) is 10.0 Å². The highest BCUT2D eigenvalue weighted by Crippen LogP contribution is 2.31. The van der Waals surface area contributed by atoms with Gasteiger partial charge >= 0.3 is 0 Å². The quantitative estimate of drug-likeness (QED) is 0.390. The van der Waals surface area contributed by atoms with Gasteiger partial charge in [-0.25, -0.2) is 13.4 Å². The van der Waals surface area contributed by atoms with Crippen LogP contribution in [-0.4, -0.2) is 29.4 Å². The summed E-state index contributed by atoms with van der Waals surface area (Å²) in [6, 6.07) is 13.4. The second-order valence-corrected chi connectivity index (χ2v) is 9.91. The summed E-state index contributed by atoms with van der Waals surface area (Å²) in [5.41, 5.74) is 3.28. The number of rotatable bonds is 6. The van der Waals surface area contributed by atoms with Crippen LogP contribution < -0.4 is 10.0 Å². The molecule has 4 rings (SSSR count). The Hall–Kier alpha value is -3.34. The summed E-state index contributed by atoms with van der Waals surface area (Å²) in [6.45, 7) is 3.04. The lowest BCUT2D eigenvalue weighted by Gasteiger charge is -2.10. The summed E-state index contributed by atoms with van der Waals surface area (Å²) in [5, 5.41) is 12.8. The van der Waals surface area contributed by atoms with E-state index in [1.54, 1.807) is 31.3 Å². The number of aromatic nitrogens is 2. The number of nitrogens with one attached hydrogen (secondary N) is 2. The lowest BCUT2D eigenvalue weighted by Crippen LogP contribution is -2.13. The first-order valence-corrected chi connectivity index (χ1v) is 12.0. The molecule has 0 fully saturated rings. The van der Waals surface area contributed by atoms with E-state index < -0.39 is 16.1 Å². The first-order chi connectivity index (χ1) is 15.2. The largest absolute Gasteiger partial charge is 0.389 e. The number of aliphatic hydroxyl groups is 1. The van der Waals surface area contributed by atoms with Crippen molar-refractivity contribution in [2.45, 2.75) is 24.8 Å². The molecule has 4 aromatic rings. The summed E-state index contributed by atoms with van der Waals surface area (Å²) in [7, 11) is -3.82. The number of benzene rings is 2. The van der Waals surface area contributed by atoms with Crippen molar-refractivity contribution in [1.29, 1.82) is 0 Å². The number of thiazole rings is 1. The number of fused-ring (bicyclic) bond motifs is 1. The Morgan fingerprint density at radius 1 is 1.06 bits per heavy atom. The van der Waals surface area contributed by atoms with Crippen molar-refractivity contribution >= 4 is 48.3 Å². The van der Waals surface area contributed by atoms with Crippen LogP contribution in [0.5, 0.6) is 0 Å². The molecular formula is C22H20N4O4S2. The molecule has 0 spiro atoms. The highest BCUT2D eigenvalue weighted by molar-refractivity contribution is 7.92. The highest BCUT2D eigenvalue weighted by atomic mass is 32.2. The van der Waals surface area contributed by atoms with Gasteiger partial charge in [0.1, 0.15) is 0 Å². The minimum Gasteiger partial charge on any atom is -0.389 e. The number of amides is 1. The van der Waals surface area contributed by atoms with E-state index in [0.29, 0.717) is 16.4 Å². The minimum absolute atomic E-state index is 0.0869. The standard InChI is InChI=1S/C22H20N4O4S2/c1-13(27)15-3-6-19(7-4-15)32(29,30)26-18-9-17(11-23-12-18)16-5-8-20-21(10-16)31-22(25-20)24-14(2)28/h3-13,26-27H,1-2H3,(H,24,25,28). The molecule has 0 saturated heterocycles. The van der Waals surface area contributed by atoms with Crippen LogP contribution in [-0.2, 0) is 14.8 Å². The van der Waals surface area contributed by atoms with E-state index in [9.17, 15) is 18.3 Å². The number of hydrogen-bond acceptors (Lipinski definition) is 7. The Kier molecular flexibility index (Phi) is 5.92. The predicted octanol–water partition coefficient (Wildman–Crippen LogP) is 4.17. The first-order valence-electron chi connectivity index (χ1n) is 9.66. The molecule has 2 heterocycles. The van der Waals surface area contributed by atoms with E-state index in [4.69, 9.17) is 0 Å². The predicted molar refractivity (Wildman–Crippen MR) is 125 cm³/mol. The summed E-state index contributed by atoms with van der Waals surface area (Å²) >= 11 is 1.36. The Labute approximate surface area is 189 Å². The molecule has 0 aliphatic heterocycles. The van der Waals surface area contributed by atoms with Gasteiger partial charge in [-0.2, -0.15) is 0 Å². The van der Waals surface area contributed by atoms with E-state index in [2.05, 4.69) is 20.0 Å². The molecule has 1 amide bonds. The zero-order valence-corrected chi connectivity index (χ0v) is 18.9. The van der Waals surface area contributed by atoms with Gasteiger partial charge in [-0.05, 0) is 48.4 Å². The molecule has 164 valence electrons. The van der Waals surface area contributed by atoms with Gasteiger partial charge in [0, 0.05) is 18.7 Å². The Bertz CT molecular complexity index is 1400. The van der Waals surface area contributed by atoms with E-state index in [-0.39, 0.29) is 10.8 Å². The maximum Gasteiger partial charge on any atom is 0.261 e. The second-order valence-electron chi connectivity index (χ2n) is 7.20. The van der Waals surface area contributed by atoms with Gasteiger partial charge in [0.2, 0.25) is 5.91 Å². The minimum atomic E-state index is -3.82. The average molecular weight is 469 g/mol. The van der Waals surface area contributed by atoms with Gasteiger partial charge in [0.05, 0.1) is 33.1 Å². The van der Waals surface area contributed by atoms with Crippen LogP contribution in [0.4, 0.5) is 10.8 Å². The van der Waals surface area contributed by atoms with Crippen LogP contribution in [0.15, 0.2) is 65.8 Å². The van der Waals surface area contributed by atoms with Crippen LogP contribution >= 0.6 is 11.3 Å². The van der Waals surface area contributed by atoms with E-state index in [1.807, 2.05) is 18.2 Å². The zero-order valence-electron chi connectivity index (χ0n) is 17.2. The fourth-order valence-corrected chi connectivity index (χ4v) is 5.09. The van der Waals surface area contributed by atoms with E-state index in [1.165, 1.54) is 36.6 Å². The lowest BCUT2D eigenvalue weighted by atomic mass is 10.1. The van der Waals surface area contributed by atoms with Crippen LogP contribution in [0.3, 0.4) is 0 Å². The van der Waals surface area contributed by atoms with Crippen LogP contribution in [0.25, 0.3) is 21.3 Å². The molecule has 2 aromatic carbocycles. The normalized spacial score (nSPS) is 12.5. The number of pyridine rings is 1. The Morgan fingerprint density at radius 3 is 2.50 bits per heavy atom. The molecule has 0 radical (unpaired) electrons. The summed E-state index contributed by atoms with van der Waals surface area (Å²) in [6.07, 6.45) is 2.41. The number of sulfonamides is 1. The molecule has 10 heteroatoms. The monoisotopic (exact) mass is 468 g/mol. The Morgan fingerprint density at radius 2 is 1.81 bits per heavy atom. The number of aliphatic hydroxyl groups excluding tert-OH is 1. The molecule has 0 aliphatic rings. The molecule has 2 aromatic heterocycles. The van der Waals surface area contributed by atoms with E-state index >= 15 is 0 Å². The highest BCUT2D eigenvalue weighted by Gasteiger charge is 2.16.